The van der Waals surface area contributed by atoms with Gasteiger partial charge in [0, 0.05) is 12.4 Å². The zero-order valence-electron chi connectivity index (χ0n) is 11.8. The fourth-order valence-corrected chi connectivity index (χ4v) is 2.79. The van der Waals surface area contributed by atoms with Crippen molar-refractivity contribution in [1.82, 2.24) is 15.1 Å². The van der Waals surface area contributed by atoms with Crippen LogP contribution >= 0.6 is 11.3 Å². The zero-order chi connectivity index (χ0) is 14.4. The van der Waals surface area contributed by atoms with Crippen LogP contribution in [0.2, 0.25) is 0 Å². The van der Waals surface area contributed by atoms with Crippen LogP contribution in [0.15, 0.2) is 6.07 Å². The third kappa shape index (κ3) is 2.50. The van der Waals surface area contributed by atoms with Gasteiger partial charge in [-0.15, -0.1) is 11.3 Å². The third-order valence-corrected chi connectivity index (χ3v) is 4.60. The van der Waals surface area contributed by atoms with E-state index in [1.54, 1.807) is 25.5 Å². The molecule has 0 fully saturated rings. The van der Waals surface area contributed by atoms with Crippen LogP contribution < -0.4 is 5.32 Å². The first-order valence-electron chi connectivity index (χ1n) is 6.16. The summed E-state index contributed by atoms with van der Waals surface area (Å²) in [5.74, 6) is -0.161. The highest BCUT2D eigenvalue weighted by Gasteiger charge is 2.27. The monoisotopic (exact) mass is 281 g/mol. The number of aliphatic hydroxyl groups is 1. The second-order valence-electron chi connectivity index (χ2n) is 5.39. The molecular formula is C13H19N3O2S. The quantitative estimate of drug-likeness (QED) is 0.902. The lowest BCUT2D eigenvalue weighted by Crippen LogP contribution is -2.50. The number of aliphatic hydroxyl groups excluding tert-OH is 1. The predicted molar refractivity (Wildman–Crippen MR) is 76.6 cm³/mol. The molecule has 2 heterocycles. The smallest absolute Gasteiger partial charge is 0.261 e. The van der Waals surface area contributed by atoms with Gasteiger partial charge < -0.3 is 10.4 Å². The standard InChI is InChI=1S/C13H19N3O2S/c1-7-9-6-10(19-12(9)16(5)15-7)11(18)14-13(3,4)8(2)17/h6,8,17H,1-5H3,(H,14,18). The number of aromatic nitrogens is 2. The molecule has 0 saturated carbocycles. The first-order chi connectivity index (χ1) is 8.72. The molecule has 2 aromatic rings. The van der Waals surface area contributed by atoms with Gasteiger partial charge in [0.15, 0.2) is 0 Å². The molecule has 0 bridgehead atoms. The van der Waals surface area contributed by atoms with Gasteiger partial charge in [-0.2, -0.15) is 5.10 Å². The van der Waals surface area contributed by atoms with E-state index in [-0.39, 0.29) is 5.91 Å². The summed E-state index contributed by atoms with van der Waals surface area (Å²) in [6.45, 7) is 7.20. The molecule has 2 N–H and O–H groups in total. The molecule has 1 unspecified atom stereocenters. The normalized spacial score (nSPS) is 13.8. The number of aryl methyl sites for hydroxylation is 2. The fourth-order valence-electron chi connectivity index (χ4n) is 1.78. The summed E-state index contributed by atoms with van der Waals surface area (Å²) in [4.78, 5) is 13.8. The Bertz CT molecular complexity index is 591. The maximum atomic E-state index is 12.2. The van der Waals surface area contributed by atoms with Crippen molar-refractivity contribution in [2.45, 2.75) is 39.3 Å². The van der Waals surface area contributed by atoms with E-state index in [2.05, 4.69) is 10.4 Å². The van der Waals surface area contributed by atoms with Gasteiger partial charge in [0.05, 0.1) is 22.2 Å². The van der Waals surface area contributed by atoms with Gasteiger partial charge >= 0.3 is 0 Å². The average molecular weight is 281 g/mol. The molecule has 0 aromatic carbocycles. The van der Waals surface area contributed by atoms with Crippen LogP contribution in [0.1, 0.15) is 36.1 Å². The Labute approximate surface area is 116 Å². The SMILES string of the molecule is Cc1nn(C)c2sc(C(=O)NC(C)(C)C(C)O)cc12. The average Bonchev–Trinajstić information content (AvgIpc) is 2.81. The summed E-state index contributed by atoms with van der Waals surface area (Å²) in [7, 11) is 1.87. The van der Waals surface area contributed by atoms with Crippen LogP contribution in [0.25, 0.3) is 10.2 Å². The molecule has 19 heavy (non-hydrogen) atoms. The van der Waals surface area contributed by atoms with Crippen molar-refractivity contribution in [1.29, 1.82) is 0 Å². The van der Waals surface area contributed by atoms with Gasteiger partial charge in [-0.1, -0.05) is 0 Å². The second-order valence-corrected chi connectivity index (χ2v) is 6.42. The number of nitrogens with zero attached hydrogens (tertiary/aromatic N) is 2. The summed E-state index contributed by atoms with van der Waals surface area (Å²) in [6.07, 6.45) is -0.616. The Balaban J connectivity index is 2.30. The van der Waals surface area contributed by atoms with Gasteiger partial charge in [-0.3, -0.25) is 9.48 Å². The number of thiophene rings is 1. The Morgan fingerprint density at radius 1 is 1.58 bits per heavy atom. The summed E-state index contributed by atoms with van der Waals surface area (Å²) in [6, 6.07) is 1.86. The van der Waals surface area contributed by atoms with E-state index >= 15 is 0 Å². The summed E-state index contributed by atoms with van der Waals surface area (Å²) in [5, 5.41) is 17.8. The van der Waals surface area contributed by atoms with Crippen molar-refractivity contribution in [2.24, 2.45) is 7.05 Å². The number of carbonyl (C=O) groups is 1. The minimum Gasteiger partial charge on any atom is -0.391 e. The Morgan fingerprint density at radius 3 is 2.74 bits per heavy atom. The van der Waals surface area contributed by atoms with Crippen LogP contribution in [-0.2, 0) is 7.05 Å². The number of hydrogen-bond acceptors (Lipinski definition) is 4. The first kappa shape index (κ1) is 14.0. The van der Waals surface area contributed by atoms with Crippen molar-refractivity contribution in [3.05, 3.63) is 16.6 Å². The van der Waals surface area contributed by atoms with Crippen molar-refractivity contribution < 1.29 is 9.90 Å². The van der Waals surface area contributed by atoms with Crippen LogP contribution in [-0.4, -0.2) is 32.4 Å². The maximum Gasteiger partial charge on any atom is 0.261 e. The maximum absolute atomic E-state index is 12.2. The summed E-state index contributed by atoms with van der Waals surface area (Å²) in [5.41, 5.74) is 0.267. The van der Waals surface area contributed by atoms with Gasteiger partial charge in [0.1, 0.15) is 4.83 Å². The highest BCUT2D eigenvalue weighted by molar-refractivity contribution is 7.20. The first-order valence-corrected chi connectivity index (χ1v) is 6.97. The van der Waals surface area contributed by atoms with Crippen molar-refractivity contribution >= 4 is 27.5 Å². The number of fused-ring (bicyclic) bond motifs is 1. The van der Waals surface area contributed by atoms with E-state index in [1.165, 1.54) is 11.3 Å². The van der Waals surface area contributed by atoms with Crippen LogP contribution in [0, 0.1) is 6.92 Å². The molecule has 1 amide bonds. The lowest BCUT2D eigenvalue weighted by atomic mass is 9.99. The molecule has 0 spiro atoms. The summed E-state index contributed by atoms with van der Waals surface area (Å²) >= 11 is 1.41. The van der Waals surface area contributed by atoms with Gasteiger partial charge in [-0.25, -0.2) is 0 Å². The Morgan fingerprint density at radius 2 is 2.21 bits per heavy atom. The number of hydrogen-bond donors (Lipinski definition) is 2. The van der Waals surface area contributed by atoms with Gasteiger partial charge in [-0.05, 0) is 33.8 Å². The number of carbonyl (C=O) groups excluding carboxylic acids is 1. The molecule has 2 aromatic heterocycles. The molecule has 0 aliphatic rings. The molecular weight excluding hydrogens is 262 g/mol. The molecule has 0 aliphatic heterocycles. The van der Waals surface area contributed by atoms with E-state index in [0.29, 0.717) is 4.88 Å². The van der Waals surface area contributed by atoms with Crippen LogP contribution in [0.4, 0.5) is 0 Å². The van der Waals surface area contributed by atoms with Crippen LogP contribution in [0.3, 0.4) is 0 Å². The molecule has 0 aliphatic carbocycles. The molecule has 1 atom stereocenters. The minimum atomic E-state index is -0.652. The topological polar surface area (TPSA) is 67.2 Å². The van der Waals surface area contributed by atoms with E-state index in [0.717, 1.165) is 15.9 Å². The van der Waals surface area contributed by atoms with Crippen LogP contribution in [0.5, 0.6) is 0 Å². The van der Waals surface area contributed by atoms with Gasteiger partial charge in [0.2, 0.25) is 0 Å². The lowest BCUT2D eigenvalue weighted by Gasteiger charge is -2.29. The minimum absolute atomic E-state index is 0.161. The number of nitrogens with one attached hydrogen (secondary N) is 1. The van der Waals surface area contributed by atoms with E-state index in [4.69, 9.17) is 0 Å². The molecule has 0 saturated heterocycles. The number of amides is 1. The zero-order valence-corrected chi connectivity index (χ0v) is 12.6. The van der Waals surface area contributed by atoms with E-state index in [9.17, 15) is 9.90 Å². The second kappa shape index (κ2) is 4.61. The molecule has 104 valence electrons. The van der Waals surface area contributed by atoms with E-state index < -0.39 is 11.6 Å². The highest BCUT2D eigenvalue weighted by atomic mass is 32.1. The molecule has 6 heteroatoms. The van der Waals surface area contributed by atoms with Gasteiger partial charge in [0.25, 0.3) is 5.91 Å². The predicted octanol–water partition coefficient (Wildman–Crippen LogP) is 1.83. The Hall–Kier alpha value is -1.40. The molecule has 0 radical (unpaired) electrons. The highest BCUT2D eigenvalue weighted by Crippen LogP contribution is 2.28. The summed E-state index contributed by atoms with van der Waals surface area (Å²) < 4.78 is 1.78. The van der Waals surface area contributed by atoms with E-state index in [1.807, 2.05) is 20.0 Å². The lowest BCUT2D eigenvalue weighted by molar-refractivity contribution is 0.0713. The Kier molecular flexibility index (Phi) is 3.40. The largest absolute Gasteiger partial charge is 0.391 e. The van der Waals surface area contributed by atoms with Crippen molar-refractivity contribution in [3.8, 4) is 0 Å². The number of rotatable bonds is 3. The third-order valence-electron chi connectivity index (χ3n) is 3.40. The molecule has 5 nitrogen and oxygen atoms in total. The fraction of sp³-hybridized carbons (Fsp3) is 0.538. The van der Waals surface area contributed by atoms with Crippen molar-refractivity contribution in [3.63, 3.8) is 0 Å². The molecule has 2 rings (SSSR count). The van der Waals surface area contributed by atoms with Crippen molar-refractivity contribution in [2.75, 3.05) is 0 Å².